The number of carbonyl (C=O) groups is 2. The number of nitrogens with one attached hydrogen (secondary N) is 1. The minimum Gasteiger partial charge on any atom is -0.326 e. The third-order valence-corrected chi connectivity index (χ3v) is 4.38. The van der Waals surface area contributed by atoms with Gasteiger partial charge < -0.3 is 10.2 Å². The lowest BCUT2D eigenvalue weighted by atomic mass is 9.97. The lowest BCUT2D eigenvalue weighted by Crippen LogP contribution is -2.36. The molecule has 2 aromatic carbocycles. The van der Waals surface area contributed by atoms with E-state index in [1.54, 1.807) is 31.2 Å². The van der Waals surface area contributed by atoms with E-state index < -0.39 is 0 Å². The number of fused-ring (bicyclic) bond motifs is 1. The summed E-state index contributed by atoms with van der Waals surface area (Å²) in [7, 11) is 0. The standard InChI is InChI=1S/C20H22N2O2/c1-3-18(23)21-17-11-5-9-16(13-17)20(24)22-12-6-10-15-8-4-7-14(2)19(15)22/h4-5,7-9,11,13H,3,6,10,12H2,1-2H3,(H,21,23). The van der Waals surface area contributed by atoms with Crippen LogP contribution in [0.3, 0.4) is 0 Å². The van der Waals surface area contributed by atoms with Crippen LogP contribution in [0.25, 0.3) is 0 Å². The topological polar surface area (TPSA) is 49.4 Å². The van der Waals surface area contributed by atoms with E-state index in [0.29, 0.717) is 17.7 Å². The average molecular weight is 322 g/mol. The fourth-order valence-electron chi connectivity index (χ4n) is 3.19. The zero-order valence-electron chi connectivity index (χ0n) is 14.1. The number of hydrogen-bond donors (Lipinski definition) is 1. The van der Waals surface area contributed by atoms with Gasteiger partial charge in [0.2, 0.25) is 5.91 Å². The molecule has 24 heavy (non-hydrogen) atoms. The second-order valence-corrected chi connectivity index (χ2v) is 6.13. The summed E-state index contributed by atoms with van der Waals surface area (Å²) >= 11 is 0. The first-order chi connectivity index (χ1) is 11.6. The first-order valence-electron chi connectivity index (χ1n) is 8.40. The number of carbonyl (C=O) groups excluding carboxylic acids is 2. The summed E-state index contributed by atoms with van der Waals surface area (Å²) in [5.74, 6) is -0.0726. The van der Waals surface area contributed by atoms with Gasteiger partial charge in [-0.05, 0) is 49.1 Å². The van der Waals surface area contributed by atoms with Crippen molar-refractivity contribution in [2.45, 2.75) is 33.1 Å². The molecule has 1 aliphatic rings. The third kappa shape index (κ3) is 3.18. The van der Waals surface area contributed by atoms with Gasteiger partial charge in [-0.2, -0.15) is 0 Å². The van der Waals surface area contributed by atoms with Crippen molar-refractivity contribution in [3.05, 3.63) is 59.2 Å². The number of para-hydroxylation sites is 1. The Morgan fingerprint density at radius 3 is 2.75 bits per heavy atom. The van der Waals surface area contributed by atoms with E-state index in [0.717, 1.165) is 30.6 Å². The maximum Gasteiger partial charge on any atom is 0.258 e. The number of rotatable bonds is 3. The predicted molar refractivity (Wildman–Crippen MR) is 96.5 cm³/mol. The Hall–Kier alpha value is -2.62. The molecule has 0 unspecified atom stereocenters. The number of nitrogens with zero attached hydrogens (tertiary/aromatic N) is 1. The number of amides is 2. The third-order valence-electron chi connectivity index (χ3n) is 4.38. The van der Waals surface area contributed by atoms with Crippen molar-refractivity contribution in [3.63, 3.8) is 0 Å². The molecule has 0 atom stereocenters. The lowest BCUT2D eigenvalue weighted by Gasteiger charge is -2.31. The molecular weight excluding hydrogens is 300 g/mol. The summed E-state index contributed by atoms with van der Waals surface area (Å²) in [5, 5.41) is 2.81. The van der Waals surface area contributed by atoms with E-state index in [1.807, 2.05) is 24.0 Å². The maximum absolute atomic E-state index is 13.0. The van der Waals surface area contributed by atoms with Gasteiger partial charge in [0, 0.05) is 24.2 Å². The zero-order chi connectivity index (χ0) is 17.1. The Balaban J connectivity index is 1.91. The summed E-state index contributed by atoms with van der Waals surface area (Å²) in [6.45, 7) is 4.57. The van der Waals surface area contributed by atoms with Crippen LogP contribution in [0.2, 0.25) is 0 Å². The van der Waals surface area contributed by atoms with Crippen LogP contribution < -0.4 is 10.2 Å². The molecule has 0 fully saturated rings. The largest absolute Gasteiger partial charge is 0.326 e. The second kappa shape index (κ2) is 6.87. The molecule has 4 heteroatoms. The first-order valence-corrected chi connectivity index (χ1v) is 8.40. The van der Waals surface area contributed by atoms with Crippen LogP contribution in [-0.4, -0.2) is 18.4 Å². The summed E-state index contributed by atoms with van der Waals surface area (Å²) < 4.78 is 0. The highest BCUT2D eigenvalue weighted by Gasteiger charge is 2.25. The maximum atomic E-state index is 13.0. The number of hydrogen-bond acceptors (Lipinski definition) is 2. The fraction of sp³-hybridized carbons (Fsp3) is 0.300. The molecule has 3 rings (SSSR count). The van der Waals surface area contributed by atoms with Crippen LogP contribution in [-0.2, 0) is 11.2 Å². The number of anilines is 2. The Morgan fingerprint density at radius 1 is 1.17 bits per heavy atom. The summed E-state index contributed by atoms with van der Waals surface area (Å²) in [5.41, 5.74) is 4.65. The normalized spacial score (nSPS) is 13.3. The molecule has 0 aliphatic carbocycles. The van der Waals surface area contributed by atoms with Crippen LogP contribution in [0.5, 0.6) is 0 Å². The van der Waals surface area contributed by atoms with Crippen molar-refractivity contribution in [3.8, 4) is 0 Å². The van der Waals surface area contributed by atoms with Crippen molar-refractivity contribution >= 4 is 23.2 Å². The molecule has 0 radical (unpaired) electrons. The number of aryl methyl sites for hydroxylation is 2. The molecule has 1 aliphatic heterocycles. The van der Waals surface area contributed by atoms with Gasteiger partial charge in [0.1, 0.15) is 0 Å². The van der Waals surface area contributed by atoms with Crippen LogP contribution in [0.4, 0.5) is 11.4 Å². The molecule has 4 nitrogen and oxygen atoms in total. The van der Waals surface area contributed by atoms with Gasteiger partial charge in [0.15, 0.2) is 0 Å². The molecule has 124 valence electrons. The molecule has 0 aromatic heterocycles. The lowest BCUT2D eigenvalue weighted by molar-refractivity contribution is -0.115. The molecule has 0 spiro atoms. The molecule has 1 heterocycles. The highest BCUT2D eigenvalue weighted by molar-refractivity contribution is 6.08. The summed E-state index contributed by atoms with van der Waals surface area (Å²) in [4.78, 5) is 26.5. The van der Waals surface area contributed by atoms with Crippen LogP contribution in [0, 0.1) is 6.92 Å². The Morgan fingerprint density at radius 2 is 1.96 bits per heavy atom. The Kier molecular flexibility index (Phi) is 4.65. The molecular formula is C20H22N2O2. The molecule has 1 N–H and O–H groups in total. The number of benzene rings is 2. The highest BCUT2D eigenvalue weighted by atomic mass is 16.2. The van der Waals surface area contributed by atoms with E-state index in [9.17, 15) is 9.59 Å². The van der Waals surface area contributed by atoms with Crippen LogP contribution >= 0.6 is 0 Å². The van der Waals surface area contributed by atoms with Gasteiger partial charge in [-0.1, -0.05) is 31.2 Å². The van der Waals surface area contributed by atoms with E-state index in [1.165, 1.54) is 5.56 Å². The van der Waals surface area contributed by atoms with Gasteiger partial charge in [-0.15, -0.1) is 0 Å². The average Bonchev–Trinajstić information content (AvgIpc) is 2.61. The fourth-order valence-corrected chi connectivity index (χ4v) is 3.19. The van der Waals surface area contributed by atoms with Crippen LogP contribution in [0.1, 0.15) is 41.3 Å². The van der Waals surface area contributed by atoms with Crippen molar-refractivity contribution in [1.82, 2.24) is 0 Å². The summed E-state index contributed by atoms with van der Waals surface area (Å²) in [6.07, 6.45) is 2.39. The van der Waals surface area contributed by atoms with Crippen molar-refractivity contribution < 1.29 is 9.59 Å². The molecule has 0 bridgehead atoms. The minimum absolute atomic E-state index is 0.0159. The van der Waals surface area contributed by atoms with Gasteiger partial charge >= 0.3 is 0 Å². The van der Waals surface area contributed by atoms with E-state index >= 15 is 0 Å². The Bertz CT molecular complexity index is 783. The first kappa shape index (κ1) is 16.2. The zero-order valence-corrected chi connectivity index (χ0v) is 14.1. The van der Waals surface area contributed by atoms with Gasteiger partial charge in [-0.3, -0.25) is 9.59 Å². The van der Waals surface area contributed by atoms with Crippen molar-refractivity contribution in [1.29, 1.82) is 0 Å². The summed E-state index contributed by atoms with van der Waals surface area (Å²) in [6, 6.07) is 13.4. The molecule has 0 saturated carbocycles. The van der Waals surface area contributed by atoms with Crippen molar-refractivity contribution in [2.75, 3.05) is 16.8 Å². The highest BCUT2D eigenvalue weighted by Crippen LogP contribution is 2.31. The smallest absolute Gasteiger partial charge is 0.258 e. The minimum atomic E-state index is -0.0567. The van der Waals surface area contributed by atoms with Gasteiger partial charge in [0.25, 0.3) is 5.91 Å². The molecule has 0 saturated heterocycles. The quantitative estimate of drug-likeness (QED) is 0.930. The monoisotopic (exact) mass is 322 g/mol. The van der Waals surface area contributed by atoms with E-state index in [-0.39, 0.29) is 11.8 Å². The molecule has 2 amide bonds. The van der Waals surface area contributed by atoms with Crippen LogP contribution in [0.15, 0.2) is 42.5 Å². The van der Waals surface area contributed by atoms with E-state index in [4.69, 9.17) is 0 Å². The van der Waals surface area contributed by atoms with E-state index in [2.05, 4.69) is 11.4 Å². The second-order valence-electron chi connectivity index (χ2n) is 6.13. The predicted octanol–water partition coefficient (Wildman–Crippen LogP) is 3.94. The van der Waals surface area contributed by atoms with Crippen molar-refractivity contribution in [2.24, 2.45) is 0 Å². The van der Waals surface area contributed by atoms with Gasteiger partial charge in [-0.25, -0.2) is 0 Å². The molecule has 2 aromatic rings. The Labute approximate surface area is 142 Å². The SMILES string of the molecule is CCC(=O)Nc1cccc(C(=O)N2CCCc3cccc(C)c32)c1. The van der Waals surface area contributed by atoms with Gasteiger partial charge in [0.05, 0.1) is 5.69 Å².